The first-order chi connectivity index (χ1) is 11.5. The second-order valence-electron chi connectivity index (χ2n) is 5.14. The molecule has 24 heavy (non-hydrogen) atoms. The summed E-state index contributed by atoms with van der Waals surface area (Å²) < 4.78 is 4.99. The predicted octanol–water partition coefficient (Wildman–Crippen LogP) is 2.74. The van der Waals surface area contributed by atoms with Gasteiger partial charge in [-0.1, -0.05) is 6.07 Å². The third kappa shape index (κ3) is 5.20. The van der Waals surface area contributed by atoms with Crippen LogP contribution < -0.4 is 10.6 Å². The standard InChI is InChI=1S/C17H18N2O4S/c1-11(15-4-3-9-24-15)18-16(21)10-23-17(22)13-5-7-14(8-6-13)19-12(2)20/h3-9,11H,10H2,1-2H3,(H,18,21)(H,19,20)/t11-/m0/s1. The maximum atomic E-state index is 11.9. The number of anilines is 1. The van der Waals surface area contributed by atoms with Crippen LogP contribution in [0, 0.1) is 0 Å². The molecule has 2 N–H and O–H groups in total. The van der Waals surface area contributed by atoms with E-state index in [9.17, 15) is 14.4 Å². The molecule has 7 heteroatoms. The molecule has 1 aromatic heterocycles. The number of thiophene rings is 1. The average molecular weight is 346 g/mol. The summed E-state index contributed by atoms with van der Waals surface area (Å²) in [6.45, 7) is 2.92. The van der Waals surface area contributed by atoms with Crippen molar-refractivity contribution in [1.29, 1.82) is 0 Å². The Kier molecular flexibility index (Phi) is 6.08. The summed E-state index contributed by atoms with van der Waals surface area (Å²) in [5.41, 5.74) is 0.893. The number of carbonyl (C=O) groups is 3. The smallest absolute Gasteiger partial charge is 0.338 e. The average Bonchev–Trinajstić information content (AvgIpc) is 3.07. The number of amides is 2. The van der Waals surface area contributed by atoms with Crippen LogP contribution in [0.2, 0.25) is 0 Å². The van der Waals surface area contributed by atoms with Gasteiger partial charge >= 0.3 is 5.97 Å². The van der Waals surface area contributed by atoms with Crippen molar-refractivity contribution in [3.05, 3.63) is 52.2 Å². The molecule has 2 aromatic rings. The molecule has 0 saturated heterocycles. The zero-order valence-corrected chi connectivity index (χ0v) is 14.2. The first-order valence-corrected chi connectivity index (χ1v) is 8.21. The van der Waals surface area contributed by atoms with E-state index < -0.39 is 5.97 Å². The number of benzene rings is 1. The Hall–Kier alpha value is -2.67. The Morgan fingerprint density at radius 3 is 2.46 bits per heavy atom. The highest BCUT2D eigenvalue weighted by atomic mass is 32.1. The van der Waals surface area contributed by atoms with Crippen molar-refractivity contribution in [1.82, 2.24) is 5.32 Å². The Morgan fingerprint density at radius 2 is 1.88 bits per heavy atom. The summed E-state index contributed by atoms with van der Waals surface area (Å²) in [5, 5.41) is 7.30. The summed E-state index contributed by atoms with van der Waals surface area (Å²) in [4.78, 5) is 35.7. The van der Waals surface area contributed by atoms with Crippen molar-refractivity contribution in [2.45, 2.75) is 19.9 Å². The number of hydrogen-bond acceptors (Lipinski definition) is 5. The molecular weight excluding hydrogens is 328 g/mol. The SMILES string of the molecule is CC(=O)Nc1ccc(C(=O)OCC(=O)N[C@@H](C)c2cccs2)cc1. The van der Waals surface area contributed by atoms with Crippen LogP contribution in [0.25, 0.3) is 0 Å². The second kappa shape index (κ2) is 8.26. The quantitative estimate of drug-likeness (QED) is 0.788. The van der Waals surface area contributed by atoms with E-state index in [4.69, 9.17) is 4.74 Å². The lowest BCUT2D eigenvalue weighted by Gasteiger charge is -2.12. The fourth-order valence-corrected chi connectivity index (χ4v) is 2.73. The van der Waals surface area contributed by atoms with Crippen LogP contribution in [0.5, 0.6) is 0 Å². The zero-order valence-electron chi connectivity index (χ0n) is 13.4. The van der Waals surface area contributed by atoms with Crippen molar-refractivity contribution < 1.29 is 19.1 Å². The minimum absolute atomic E-state index is 0.131. The van der Waals surface area contributed by atoms with E-state index in [0.29, 0.717) is 11.3 Å². The Bertz CT molecular complexity index is 711. The molecular formula is C17H18N2O4S. The maximum Gasteiger partial charge on any atom is 0.338 e. The van der Waals surface area contributed by atoms with Crippen LogP contribution >= 0.6 is 11.3 Å². The molecule has 1 heterocycles. The van der Waals surface area contributed by atoms with Gasteiger partial charge in [-0.15, -0.1) is 11.3 Å². The number of esters is 1. The van der Waals surface area contributed by atoms with Crippen LogP contribution in [-0.4, -0.2) is 24.4 Å². The van der Waals surface area contributed by atoms with Gasteiger partial charge in [0, 0.05) is 17.5 Å². The molecule has 1 atom stereocenters. The van der Waals surface area contributed by atoms with Gasteiger partial charge in [0.1, 0.15) is 0 Å². The van der Waals surface area contributed by atoms with E-state index in [0.717, 1.165) is 4.88 Å². The van der Waals surface area contributed by atoms with Gasteiger partial charge in [0.05, 0.1) is 11.6 Å². The fraction of sp³-hybridized carbons (Fsp3) is 0.235. The van der Waals surface area contributed by atoms with Gasteiger partial charge in [0.2, 0.25) is 5.91 Å². The zero-order chi connectivity index (χ0) is 17.5. The summed E-state index contributed by atoms with van der Waals surface area (Å²) in [6.07, 6.45) is 0. The highest BCUT2D eigenvalue weighted by molar-refractivity contribution is 7.10. The number of nitrogens with one attached hydrogen (secondary N) is 2. The first-order valence-electron chi connectivity index (χ1n) is 7.33. The van der Waals surface area contributed by atoms with Crippen LogP contribution in [0.1, 0.15) is 35.1 Å². The molecule has 0 aliphatic rings. The lowest BCUT2D eigenvalue weighted by molar-refractivity contribution is -0.124. The third-order valence-electron chi connectivity index (χ3n) is 3.12. The minimum atomic E-state index is -0.594. The molecule has 126 valence electrons. The molecule has 0 spiro atoms. The number of rotatable bonds is 6. The molecule has 2 rings (SSSR count). The van der Waals surface area contributed by atoms with Gasteiger partial charge < -0.3 is 15.4 Å². The van der Waals surface area contributed by atoms with Gasteiger partial charge in [-0.2, -0.15) is 0 Å². The van der Waals surface area contributed by atoms with E-state index in [1.54, 1.807) is 23.5 Å². The maximum absolute atomic E-state index is 11.9. The van der Waals surface area contributed by atoms with E-state index in [-0.39, 0.29) is 24.5 Å². The van der Waals surface area contributed by atoms with Crippen LogP contribution in [0.15, 0.2) is 41.8 Å². The van der Waals surface area contributed by atoms with Crippen molar-refractivity contribution >= 4 is 34.8 Å². The van der Waals surface area contributed by atoms with Crippen LogP contribution in [-0.2, 0) is 14.3 Å². The van der Waals surface area contributed by atoms with Crippen molar-refractivity contribution in [2.24, 2.45) is 0 Å². The molecule has 2 amide bonds. The van der Waals surface area contributed by atoms with E-state index in [2.05, 4.69) is 10.6 Å². The molecule has 0 fully saturated rings. The predicted molar refractivity (Wildman–Crippen MR) is 91.9 cm³/mol. The van der Waals surface area contributed by atoms with E-state index in [1.807, 2.05) is 24.4 Å². The first kappa shape index (κ1) is 17.7. The Labute approximate surface area is 143 Å². The number of carbonyl (C=O) groups excluding carboxylic acids is 3. The highest BCUT2D eigenvalue weighted by Gasteiger charge is 2.13. The highest BCUT2D eigenvalue weighted by Crippen LogP contribution is 2.17. The summed E-state index contributed by atoms with van der Waals surface area (Å²) in [7, 11) is 0. The molecule has 1 aromatic carbocycles. The van der Waals surface area contributed by atoms with Gasteiger partial charge in [0.15, 0.2) is 6.61 Å². The monoisotopic (exact) mass is 346 g/mol. The molecule has 6 nitrogen and oxygen atoms in total. The van der Waals surface area contributed by atoms with Gasteiger partial charge in [-0.25, -0.2) is 4.79 Å². The van der Waals surface area contributed by atoms with Crippen molar-refractivity contribution in [2.75, 3.05) is 11.9 Å². The van der Waals surface area contributed by atoms with Gasteiger partial charge in [-0.05, 0) is 42.6 Å². The molecule has 0 aliphatic heterocycles. The van der Waals surface area contributed by atoms with Crippen molar-refractivity contribution in [3.8, 4) is 0 Å². The summed E-state index contributed by atoms with van der Waals surface area (Å²) in [5.74, 6) is -1.15. The lowest BCUT2D eigenvalue weighted by atomic mass is 10.2. The van der Waals surface area contributed by atoms with Crippen molar-refractivity contribution in [3.63, 3.8) is 0 Å². The summed E-state index contributed by atoms with van der Waals surface area (Å²) >= 11 is 1.55. The third-order valence-corrected chi connectivity index (χ3v) is 4.18. The molecule has 0 unspecified atom stereocenters. The van der Waals surface area contributed by atoms with Gasteiger partial charge in [-0.3, -0.25) is 9.59 Å². The van der Waals surface area contributed by atoms with Crippen LogP contribution in [0.4, 0.5) is 5.69 Å². The largest absolute Gasteiger partial charge is 0.452 e. The van der Waals surface area contributed by atoms with E-state index in [1.165, 1.54) is 19.1 Å². The summed E-state index contributed by atoms with van der Waals surface area (Å²) in [6, 6.07) is 9.95. The number of ether oxygens (including phenoxy) is 1. The molecule has 0 bridgehead atoms. The molecule has 0 radical (unpaired) electrons. The normalized spacial score (nSPS) is 11.4. The second-order valence-corrected chi connectivity index (χ2v) is 6.12. The Balaban J connectivity index is 1.81. The number of hydrogen-bond donors (Lipinski definition) is 2. The topological polar surface area (TPSA) is 84.5 Å². The minimum Gasteiger partial charge on any atom is -0.452 e. The fourth-order valence-electron chi connectivity index (χ4n) is 2.00. The van der Waals surface area contributed by atoms with Gasteiger partial charge in [0.25, 0.3) is 5.91 Å². The van der Waals surface area contributed by atoms with Crippen LogP contribution in [0.3, 0.4) is 0 Å². The molecule has 0 saturated carbocycles. The Morgan fingerprint density at radius 1 is 1.17 bits per heavy atom. The molecule has 0 aliphatic carbocycles. The lowest BCUT2D eigenvalue weighted by Crippen LogP contribution is -2.30. The van der Waals surface area contributed by atoms with E-state index >= 15 is 0 Å².